The summed E-state index contributed by atoms with van der Waals surface area (Å²) in [7, 11) is 0. The van der Waals surface area contributed by atoms with Crippen LogP contribution in [0.5, 0.6) is 0 Å². The minimum atomic E-state index is -0.941. The lowest BCUT2D eigenvalue weighted by atomic mass is 9.86. The van der Waals surface area contributed by atoms with E-state index in [1.54, 1.807) is 0 Å². The van der Waals surface area contributed by atoms with Gasteiger partial charge in [-0.2, -0.15) is 0 Å². The molecule has 1 unspecified atom stereocenters. The van der Waals surface area contributed by atoms with Crippen LogP contribution in [0.25, 0.3) is 0 Å². The molecule has 0 spiro atoms. The van der Waals surface area contributed by atoms with E-state index in [2.05, 4.69) is 0 Å². The molecule has 1 saturated carbocycles. The van der Waals surface area contributed by atoms with Gasteiger partial charge in [-0.3, -0.25) is 0 Å². The Morgan fingerprint density at radius 3 is 2.42 bits per heavy atom. The zero-order valence-corrected chi connectivity index (χ0v) is 12.7. The van der Waals surface area contributed by atoms with Crippen LogP contribution in [0.2, 0.25) is 0 Å². The summed E-state index contributed by atoms with van der Waals surface area (Å²) in [5, 5.41) is 9.87. The summed E-state index contributed by atoms with van der Waals surface area (Å²) >= 11 is 0. The Balaban J connectivity index is 2.35. The first-order chi connectivity index (χ1) is 8.79. The van der Waals surface area contributed by atoms with Crippen molar-refractivity contribution in [3.63, 3.8) is 0 Å². The van der Waals surface area contributed by atoms with Gasteiger partial charge in [-0.25, -0.2) is 4.79 Å². The fourth-order valence-corrected chi connectivity index (χ4v) is 2.25. The van der Waals surface area contributed by atoms with Crippen molar-refractivity contribution < 1.29 is 19.4 Å². The lowest BCUT2D eigenvalue weighted by Crippen LogP contribution is -2.37. The highest BCUT2D eigenvalue weighted by Gasteiger charge is 2.32. The number of hydrogen-bond donors (Lipinski definition) is 1. The normalized spacial score (nSPS) is 20.9. The molecule has 1 rings (SSSR count). The molecule has 0 aliphatic heterocycles. The van der Waals surface area contributed by atoms with Crippen LogP contribution in [0.1, 0.15) is 66.2 Å². The van der Waals surface area contributed by atoms with Gasteiger partial charge >= 0.3 is 5.97 Å². The maximum Gasteiger partial charge on any atom is 0.332 e. The molecule has 0 bridgehead atoms. The molecular weight excluding hydrogens is 244 g/mol. The standard InChI is InChI=1S/C15H28O4/c1-5-14(2,3)13(17)18-11-12(16)19-15(4)9-7-6-8-10-15/h13,17H,5-11H2,1-4H3. The molecule has 0 amide bonds. The van der Waals surface area contributed by atoms with Gasteiger partial charge in [-0.1, -0.05) is 27.2 Å². The van der Waals surface area contributed by atoms with Gasteiger partial charge in [0.15, 0.2) is 6.29 Å². The van der Waals surface area contributed by atoms with Crippen molar-refractivity contribution in [2.45, 2.75) is 78.1 Å². The molecule has 19 heavy (non-hydrogen) atoms. The van der Waals surface area contributed by atoms with E-state index in [4.69, 9.17) is 9.47 Å². The van der Waals surface area contributed by atoms with E-state index in [-0.39, 0.29) is 23.6 Å². The first-order valence-corrected chi connectivity index (χ1v) is 7.30. The molecule has 0 aromatic rings. The molecule has 0 saturated heterocycles. The van der Waals surface area contributed by atoms with Crippen molar-refractivity contribution in [3.05, 3.63) is 0 Å². The quantitative estimate of drug-likeness (QED) is 0.596. The Kier molecular flexibility index (Phi) is 5.81. The highest BCUT2D eigenvalue weighted by molar-refractivity contribution is 5.71. The van der Waals surface area contributed by atoms with E-state index in [0.29, 0.717) is 0 Å². The van der Waals surface area contributed by atoms with Gasteiger partial charge in [0, 0.05) is 5.41 Å². The molecule has 1 N–H and O–H groups in total. The molecule has 1 aliphatic rings. The fourth-order valence-electron chi connectivity index (χ4n) is 2.25. The molecule has 0 heterocycles. The van der Waals surface area contributed by atoms with Crippen LogP contribution >= 0.6 is 0 Å². The highest BCUT2D eigenvalue weighted by atomic mass is 16.6. The summed E-state index contributed by atoms with van der Waals surface area (Å²) in [6.45, 7) is 7.60. The van der Waals surface area contributed by atoms with E-state index >= 15 is 0 Å². The summed E-state index contributed by atoms with van der Waals surface area (Å²) in [5.74, 6) is -0.379. The van der Waals surface area contributed by atoms with Crippen LogP contribution in [-0.4, -0.2) is 29.6 Å². The maximum atomic E-state index is 11.8. The van der Waals surface area contributed by atoms with Gasteiger partial charge in [0.2, 0.25) is 0 Å². The van der Waals surface area contributed by atoms with Crippen molar-refractivity contribution >= 4 is 5.97 Å². The number of aliphatic hydroxyl groups is 1. The average molecular weight is 272 g/mol. The molecule has 4 heteroatoms. The second kappa shape index (κ2) is 6.71. The fraction of sp³-hybridized carbons (Fsp3) is 0.933. The molecule has 0 aromatic carbocycles. The van der Waals surface area contributed by atoms with Crippen molar-refractivity contribution in [2.24, 2.45) is 5.41 Å². The number of rotatable bonds is 6. The highest BCUT2D eigenvalue weighted by Crippen LogP contribution is 2.31. The molecule has 4 nitrogen and oxygen atoms in total. The summed E-state index contributed by atoms with van der Waals surface area (Å²) < 4.78 is 10.7. The van der Waals surface area contributed by atoms with E-state index in [0.717, 1.165) is 32.1 Å². The van der Waals surface area contributed by atoms with Gasteiger partial charge in [-0.15, -0.1) is 0 Å². The van der Waals surface area contributed by atoms with E-state index in [9.17, 15) is 9.90 Å². The van der Waals surface area contributed by atoms with Gasteiger partial charge in [0.25, 0.3) is 0 Å². The first-order valence-electron chi connectivity index (χ1n) is 7.30. The van der Waals surface area contributed by atoms with E-state index in [1.165, 1.54) is 6.42 Å². The van der Waals surface area contributed by atoms with Gasteiger partial charge in [0.1, 0.15) is 12.2 Å². The third-order valence-corrected chi connectivity index (χ3v) is 4.21. The third kappa shape index (κ3) is 5.11. The molecular formula is C15H28O4. The number of carbonyl (C=O) groups excluding carboxylic acids is 1. The minimum absolute atomic E-state index is 0.180. The zero-order valence-electron chi connectivity index (χ0n) is 12.7. The summed E-state index contributed by atoms with van der Waals surface area (Å²) in [4.78, 5) is 11.8. The van der Waals surface area contributed by atoms with Crippen LogP contribution < -0.4 is 0 Å². The van der Waals surface area contributed by atoms with Crippen LogP contribution in [-0.2, 0) is 14.3 Å². The lowest BCUT2D eigenvalue weighted by molar-refractivity contribution is -0.194. The summed E-state index contributed by atoms with van der Waals surface area (Å²) in [5.41, 5.74) is -0.695. The average Bonchev–Trinajstić information content (AvgIpc) is 2.36. The second-order valence-corrected chi connectivity index (χ2v) is 6.49. The van der Waals surface area contributed by atoms with Crippen molar-refractivity contribution in [1.29, 1.82) is 0 Å². The Hall–Kier alpha value is -0.610. The van der Waals surface area contributed by atoms with Crippen LogP contribution in [0.15, 0.2) is 0 Å². The number of aliphatic hydroxyl groups excluding tert-OH is 1. The van der Waals surface area contributed by atoms with Crippen LogP contribution in [0.3, 0.4) is 0 Å². The molecule has 1 fully saturated rings. The smallest absolute Gasteiger partial charge is 0.332 e. The lowest BCUT2D eigenvalue weighted by Gasteiger charge is -2.33. The van der Waals surface area contributed by atoms with Gasteiger partial charge < -0.3 is 14.6 Å². The van der Waals surface area contributed by atoms with Crippen molar-refractivity contribution in [2.75, 3.05) is 6.61 Å². The van der Waals surface area contributed by atoms with Crippen molar-refractivity contribution in [1.82, 2.24) is 0 Å². The Morgan fingerprint density at radius 1 is 1.32 bits per heavy atom. The monoisotopic (exact) mass is 272 g/mol. The summed E-state index contributed by atoms with van der Waals surface area (Å²) in [6.07, 6.45) is 5.10. The molecule has 112 valence electrons. The number of ether oxygens (including phenoxy) is 2. The van der Waals surface area contributed by atoms with Crippen LogP contribution in [0, 0.1) is 5.41 Å². The van der Waals surface area contributed by atoms with E-state index in [1.807, 2.05) is 27.7 Å². The zero-order chi connectivity index (χ0) is 14.5. The van der Waals surface area contributed by atoms with Gasteiger partial charge in [-0.05, 0) is 39.0 Å². The predicted molar refractivity (Wildman–Crippen MR) is 73.6 cm³/mol. The predicted octanol–water partition coefficient (Wildman–Crippen LogP) is 3.02. The Morgan fingerprint density at radius 2 is 1.89 bits per heavy atom. The Labute approximate surface area is 116 Å². The second-order valence-electron chi connectivity index (χ2n) is 6.49. The van der Waals surface area contributed by atoms with Crippen LogP contribution in [0.4, 0.5) is 0 Å². The SMILES string of the molecule is CCC(C)(C)C(O)OCC(=O)OC1(C)CCCCC1. The first kappa shape index (κ1) is 16.4. The molecule has 0 aromatic heterocycles. The molecule has 1 aliphatic carbocycles. The molecule has 1 atom stereocenters. The number of esters is 1. The number of hydrogen-bond acceptors (Lipinski definition) is 4. The number of carbonyl (C=O) groups is 1. The third-order valence-electron chi connectivity index (χ3n) is 4.21. The van der Waals surface area contributed by atoms with Gasteiger partial charge in [0.05, 0.1) is 0 Å². The van der Waals surface area contributed by atoms with Crippen molar-refractivity contribution in [3.8, 4) is 0 Å². The summed E-state index contributed by atoms with van der Waals surface area (Å²) in [6, 6.07) is 0. The minimum Gasteiger partial charge on any atom is -0.458 e. The van der Waals surface area contributed by atoms with E-state index < -0.39 is 6.29 Å². The topological polar surface area (TPSA) is 55.8 Å². The molecule has 0 radical (unpaired) electrons. The maximum absolute atomic E-state index is 11.8. The Bertz CT molecular complexity index is 293. The largest absolute Gasteiger partial charge is 0.458 e.